The number of hydrogen-bond donors (Lipinski definition) is 1. The Kier molecular flexibility index (Phi) is 4.99. The number of rotatable bonds is 4. The van der Waals surface area contributed by atoms with Crippen molar-refractivity contribution in [3.63, 3.8) is 0 Å². The quantitative estimate of drug-likeness (QED) is 0.633. The molecule has 0 aliphatic carbocycles. The van der Waals surface area contributed by atoms with Crippen LogP contribution in [0, 0.1) is 5.92 Å². The Bertz CT molecular complexity index is 268. The summed E-state index contributed by atoms with van der Waals surface area (Å²) in [4.78, 5) is 4.19. The first-order valence-corrected chi connectivity index (χ1v) is 6.08. The molecule has 72 valence electrons. The summed E-state index contributed by atoms with van der Waals surface area (Å²) in [5.74, 6) is 2.50. The summed E-state index contributed by atoms with van der Waals surface area (Å²) in [5.41, 5.74) is 0. The zero-order valence-electron chi connectivity index (χ0n) is 7.40. The Balaban J connectivity index is 2.50. The van der Waals surface area contributed by atoms with Crippen LogP contribution in [-0.4, -0.2) is 16.5 Å². The smallest absolute Gasteiger partial charge is 0.115 e. The number of halogens is 1. The van der Waals surface area contributed by atoms with Gasteiger partial charge in [-0.1, -0.05) is 18.5 Å². The largest absolute Gasteiger partial charge is 0.248 e. The van der Waals surface area contributed by atoms with E-state index in [1.807, 2.05) is 12.1 Å². The third-order valence-corrected chi connectivity index (χ3v) is 3.92. The fourth-order valence-electron chi connectivity index (χ4n) is 0.751. The summed E-state index contributed by atoms with van der Waals surface area (Å²) in [6, 6.07) is 3.71. The molecule has 1 aromatic rings. The number of nitrogens with zero attached hydrogens (tertiary/aromatic N) is 1. The van der Waals surface area contributed by atoms with Crippen LogP contribution in [0.2, 0.25) is 5.02 Å². The van der Waals surface area contributed by atoms with Crippen molar-refractivity contribution in [2.24, 2.45) is 5.92 Å². The molecule has 0 spiro atoms. The molecule has 0 aromatic carbocycles. The molecule has 0 radical (unpaired) electrons. The minimum absolute atomic E-state index is 0.589. The average molecular weight is 234 g/mol. The minimum atomic E-state index is 0.589. The SMILES string of the molecule is CC(CS)CSc1ncccc1Cl. The summed E-state index contributed by atoms with van der Waals surface area (Å²) in [6.07, 6.45) is 1.76. The highest BCUT2D eigenvalue weighted by Crippen LogP contribution is 2.25. The summed E-state index contributed by atoms with van der Waals surface area (Å²) in [6.45, 7) is 2.16. The summed E-state index contributed by atoms with van der Waals surface area (Å²) >= 11 is 11.9. The van der Waals surface area contributed by atoms with Crippen LogP contribution in [0.4, 0.5) is 0 Å². The molecule has 1 nitrogen and oxygen atoms in total. The van der Waals surface area contributed by atoms with E-state index < -0.39 is 0 Å². The lowest BCUT2D eigenvalue weighted by molar-refractivity contribution is 0.766. The Hall–Kier alpha value is 0.140. The molecule has 1 heterocycles. The van der Waals surface area contributed by atoms with Crippen LogP contribution in [0.1, 0.15) is 6.92 Å². The maximum atomic E-state index is 5.95. The maximum Gasteiger partial charge on any atom is 0.115 e. The average Bonchev–Trinajstić information content (AvgIpc) is 2.16. The molecule has 0 aliphatic heterocycles. The molecule has 0 N–H and O–H groups in total. The van der Waals surface area contributed by atoms with Crippen LogP contribution in [0.15, 0.2) is 23.4 Å². The maximum absolute atomic E-state index is 5.95. The number of thioether (sulfide) groups is 1. The van der Waals surface area contributed by atoms with E-state index in [0.717, 1.165) is 21.6 Å². The van der Waals surface area contributed by atoms with Crippen molar-refractivity contribution in [3.8, 4) is 0 Å². The third-order valence-electron chi connectivity index (χ3n) is 1.54. The molecular formula is C9H12ClNS2. The second-order valence-corrected chi connectivity index (χ2v) is 4.67. The Morgan fingerprint density at radius 1 is 1.69 bits per heavy atom. The molecule has 0 saturated heterocycles. The second kappa shape index (κ2) is 5.78. The minimum Gasteiger partial charge on any atom is -0.248 e. The highest BCUT2D eigenvalue weighted by Gasteiger charge is 2.04. The van der Waals surface area contributed by atoms with Gasteiger partial charge < -0.3 is 0 Å². The van der Waals surface area contributed by atoms with Crippen LogP contribution < -0.4 is 0 Å². The molecule has 4 heteroatoms. The molecular weight excluding hydrogens is 222 g/mol. The summed E-state index contributed by atoms with van der Waals surface area (Å²) in [7, 11) is 0. The van der Waals surface area contributed by atoms with Gasteiger partial charge in [0.25, 0.3) is 0 Å². The van der Waals surface area contributed by atoms with Crippen molar-refractivity contribution in [3.05, 3.63) is 23.4 Å². The molecule has 0 bridgehead atoms. The third kappa shape index (κ3) is 3.79. The van der Waals surface area contributed by atoms with Gasteiger partial charge in [0, 0.05) is 11.9 Å². The summed E-state index contributed by atoms with van der Waals surface area (Å²) < 4.78 is 0. The van der Waals surface area contributed by atoms with Crippen LogP contribution in [0.25, 0.3) is 0 Å². The van der Waals surface area contributed by atoms with Crippen LogP contribution in [0.5, 0.6) is 0 Å². The van der Waals surface area contributed by atoms with Crippen molar-refractivity contribution in [2.75, 3.05) is 11.5 Å². The lowest BCUT2D eigenvalue weighted by Crippen LogP contribution is -1.99. The first-order chi connectivity index (χ1) is 6.24. The van der Waals surface area contributed by atoms with E-state index in [0.29, 0.717) is 5.92 Å². The van der Waals surface area contributed by atoms with Crippen molar-refractivity contribution in [1.82, 2.24) is 4.98 Å². The monoisotopic (exact) mass is 233 g/mol. The first kappa shape index (κ1) is 11.2. The molecule has 0 saturated carbocycles. The molecule has 0 fully saturated rings. The van der Waals surface area contributed by atoms with E-state index in [1.165, 1.54) is 0 Å². The zero-order valence-corrected chi connectivity index (χ0v) is 9.87. The predicted molar refractivity (Wildman–Crippen MR) is 63.0 cm³/mol. The lowest BCUT2D eigenvalue weighted by atomic mass is 10.3. The molecule has 0 aliphatic rings. The van der Waals surface area contributed by atoms with Gasteiger partial charge >= 0.3 is 0 Å². The van der Waals surface area contributed by atoms with Crippen molar-refractivity contribution < 1.29 is 0 Å². The molecule has 1 atom stereocenters. The van der Waals surface area contributed by atoms with E-state index >= 15 is 0 Å². The van der Waals surface area contributed by atoms with Gasteiger partial charge in [0.15, 0.2) is 0 Å². The normalized spacial score (nSPS) is 12.8. The van der Waals surface area contributed by atoms with Gasteiger partial charge in [-0.15, -0.1) is 11.8 Å². The van der Waals surface area contributed by atoms with Crippen LogP contribution in [0.3, 0.4) is 0 Å². The number of aromatic nitrogens is 1. The van der Waals surface area contributed by atoms with E-state index in [9.17, 15) is 0 Å². The highest BCUT2D eigenvalue weighted by atomic mass is 35.5. The lowest BCUT2D eigenvalue weighted by Gasteiger charge is -2.07. The van der Waals surface area contributed by atoms with Gasteiger partial charge in [-0.3, -0.25) is 0 Å². The Morgan fingerprint density at radius 2 is 2.46 bits per heavy atom. The topological polar surface area (TPSA) is 12.9 Å². The van der Waals surface area contributed by atoms with Crippen molar-refractivity contribution in [1.29, 1.82) is 0 Å². The van der Waals surface area contributed by atoms with E-state index in [1.54, 1.807) is 18.0 Å². The van der Waals surface area contributed by atoms with E-state index in [4.69, 9.17) is 11.6 Å². The van der Waals surface area contributed by atoms with Crippen molar-refractivity contribution in [2.45, 2.75) is 11.9 Å². The van der Waals surface area contributed by atoms with Gasteiger partial charge in [-0.05, 0) is 23.8 Å². The van der Waals surface area contributed by atoms with Crippen molar-refractivity contribution >= 4 is 36.0 Å². The summed E-state index contributed by atoms with van der Waals surface area (Å²) in [5, 5.41) is 1.65. The molecule has 13 heavy (non-hydrogen) atoms. The molecule has 0 amide bonds. The van der Waals surface area contributed by atoms with Gasteiger partial charge in [-0.25, -0.2) is 4.98 Å². The number of thiol groups is 1. The van der Waals surface area contributed by atoms with Gasteiger partial charge in [0.1, 0.15) is 5.03 Å². The molecule has 1 rings (SSSR count). The van der Waals surface area contributed by atoms with Gasteiger partial charge in [0.2, 0.25) is 0 Å². The standard InChI is InChI=1S/C9H12ClNS2/c1-7(5-12)6-13-9-8(10)3-2-4-11-9/h2-4,7,12H,5-6H2,1H3. The fraction of sp³-hybridized carbons (Fsp3) is 0.444. The number of pyridine rings is 1. The van der Waals surface area contributed by atoms with Crippen LogP contribution >= 0.6 is 36.0 Å². The fourth-order valence-corrected chi connectivity index (χ4v) is 2.24. The van der Waals surface area contributed by atoms with Gasteiger partial charge in [-0.2, -0.15) is 12.6 Å². The highest BCUT2D eigenvalue weighted by molar-refractivity contribution is 7.99. The molecule has 1 unspecified atom stereocenters. The van der Waals surface area contributed by atoms with E-state index in [2.05, 4.69) is 24.5 Å². The number of hydrogen-bond acceptors (Lipinski definition) is 3. The van der Waals surface area contributed by atoms with Crippen LogP contribution in [-0.2, 0) is 0 Å². The van der Waals surface area contributed by atoms with Gasteiger partial charge in [0.05, 0.1) is 5.02 Å². The zero-order chi connectivity index (χ0) is 9.68. The first-order valence-electron chi connectivity index (χ1n) is 4.08. The second-order valence-electron chi connectivity index (χ2n) is 2.89. The Morgan fingerprint density at radius 3 is 3.08 bits per heavy atom. The molecule has 1 aromatic heterocycles. The predicted octanol–water partition coefficient (Wildman–Crippen LogP) is 3.39. The Labute approximate surface area is 93.7 Å². The van der Waals surface area contributed by atoms with E-state index in [-0.39, 0.29) is 0 Å².